The van der Waals surface area contributed by atoms with E-state index < -0.39 is 11.9 Å². The molecule has 3 aromatic rings. The van der Waals surface area contributed by atoms with Gasteiger partial charge in [-0.3, -0.25) is 4.79 Å². The molecule has 4 rings (SSSR count). The molecule has 10 heteroatoms. The number of nitrogens with zero attached hydrogens (tertiary/aromatic N) is 5. The Morgan fingerprint density at radius 1 is 1.39 bits per heavy atom. The summed E-state index contributed by atoms with van der Waals surface area (Å²) in [6.07, 6.45) is -4.21. The highest BCUT2D eigenvalue weighted by molar-refractivity contribution is 7.13. The number of halogens is 3. The molecule has 4 heterocycles. The minimum Gasteiger partial charge on any atom is -0.341 e. The van der Waals surface area contributed by atoms with Crippen molar-refractivity contribution in [2.24, 2.45) is 0 Å². The number of alkyl halides is 3. The van der Waals surface area contributed by atoms with Gasteiger partial charge in [-0.25, -0.2) is 9.50 Å². The number of rotatable bonds is 3. The van der Waals surface area contributed by atoms with Gasteiger partial charge in [-0.15, -0.1) is 11.3 Å². The Balaban J connectivity index is 1.73. The largest absolute Gasteiger partial charge is 0.433 e. The van der Waals surface area contributed by atoms with E-state index in [1.54, 1.807) is 28.5 Å². The zero-order chi connectivity index (χ0) is 19.9. The topological polar surface area (TPSA) is 74.3 Å². The number of likely N-dealkylation sites (tertiary alicyclic amines) is 1. The summed E-state index contributed by atoms with van der Waals surface area (Å²) in [6, 6.07) is 7.85. The van der Waals surface area contributed by atoms with Crippen LogP contribution in [-0.2, 0) is 11.0 Å². The molecule has 0 aromatic carbocycles. The Bertz CT molecular complexity index is 1070. The van der Waals surface area contributed by atoms with E-state index in [-0.39, 0.29) is 29.6 Å². The van der Waals surface area contributed by atoms with Crippen molar-refractivity contribution in [3.8, 4) is 16.6 Å². The monoisotopic (exact) mass is 405 g/mol. The first-order valence-corrected chi connectivity index (χ1v) is 9.41. The first kappa shape index (κ1) is 18.4. The molecule has 1 aliphatic rings. The highest BCUT2D eigenvalue weighted by atomic mass is 32.1. The molecule has 6 nitrogen and oxygen atoms in total. The molecule has 1 atom stereocenters. The molecule has 1 saturated heterocycles. The summed E-state index contributed by atoms with van der Waals surface area (Å²) in [5.41, 5.74) is -0.0512. The van der Waals surface area contributed by atoms with Crippen LogP contribution in [0.1, 0.15) is 30.1 Å². The zero-order valence-corrected chi connectivity index (χ0v) is 15.3. The van der Waals surface area contributed by atoms with Crippen LogP contribution in [0.4, 0.5) is 13.2 Å². The fourth-order valence-electron chi connectivity index (χ4n) is 3.35. The van der Waals surface area contributed by atoms with E-state index in [1.165, 1.54) is 11.3 Å². The van der Waals surface area contributed by atoms with Crippen LogP contribution >= 0.6 is 11.3 Å². The van der Waals surface area contributed by atoms with Crippen molar-refractivity contribution in [2.75, 3.05) is 13.1 Å². The van der Waals surface area contributed by atoms with Gasteiger partial charge in [0.2, 0.25) is 5.91 Å². The number of carbonyl (C=O) groups is 1. The maximum Gasteiger partial charge on any atom is 0.433 e. The quantitative estimate of drug-likeness (QED) is 0.666. The summed E-state index contributed by atoms with van der Waals surface area (Å²) in [4.78, 5) is 18.4. The Morgan fingerprint density at radius 3 is 2.89 bits per heavy atom. The molecular formula is C18H14F3N5OS. The van der Waals surface area contributed by atoms with Gasteiger partial charge < -0.3 is 4.90 Å². The molecule has 28 heavy (non-hydrogen) atoms. The SMILES string of the molecule is N#CCC(=O)N1CC[C@H](c2cc3nc(-c4cccs4)cc(C(F)(F)F)n3n2)C1. The lowest BCUT2D eigenvalue weighted by Gasteiger charge is -2.13. The standard InChI is InChI=1S/C18H14F3N5OS/c19-18(20,21)15-8-13(14-2-1-7-28-14)23-16-9-12(24-26(15)16)11-4-6-25(10-11)17(27)3-5-22/h1-2,7-9,11H,3-4,6,10H2/t11-/m0/s1. The number of thiophene rings is 1. The Kier molecular flexibility index (Phi) is 4.55. The van der Waals surface area contributed by atoms with Crippen LogP contribution in [0.2, 0.25) is 0 Å². The molecule has 1 aliphatic heterocycles. The maximum atomic E-state index is 13.6. The van der Waals surface area contributed by atoms with Gasteiger partial charge in [0, 0.05) is 25.1 Å². The molecule has 0 N–H and O–H groups in total. The Labute approximate surface area is 161 Å². The molecule has 3 aromatic heterocycles. The first-order chi connectivity index (χ1) is 13.4. The summed E-state index contributed by atoms with van der Waals surface area (Å²) in [7, 11) is 0. The summed E-state index contributed by atoms with van der Waals surface area (Å²) in [6.45, 7) is 0.794. The van der Waals surface area contributed by atoms with Crippen molar-refractivity contribution in [2.45, 2.75) is 24.9 Å². The second-order valence-electron chi connectivity index (χ2n) is 6.50. The lowest BCUT2D eigenvalue weighted by Crippen LogP contribution is -2.27. The van der Waals surface area contributed by atoms with Gasteiger partial charge >= 0.3 is 6.18 Å². The van der Waals surface area contributed by atoms with Crippen LogP contribution in [0, 0.1) is 11.3 Å². The van der Waals surface area contributed by atoms with Crippen LogP contribution in [-0.4, -0.2) is 38.5 Å². The third kappa shape index (κ3) is 3.33. The van der Waals surface area contributed by atoms with Crippen LogP contribution in [0.5, 0.6) is 0 Å². The number of hydrogen-bond donors (Lipinski definition) is 0. The smallest absolute Gasteiger partial charge is 0.341 e. The van der Waals surface area contributed by atoms with Crippen molar-refractivity contribution < 1.29 is 18.0 Å². The van der Waals surface area contributed by atoms with Crippen LogP contribution in [0.3, 0.4) is 0 Å². The molecule has 0 unspecified atom stereocenters. The fourth-order valence-corrected chi connectivity index (χ4v) is 4.04. The second kappa shape index (κ2) is 6.91. The average molecular weight is 405 g/mol. The summed E-state index contributed by atoms with van der Waals surface area (Å²) >= 11 is 1.31. The Morgan fingerprint density at radius 2 is 2.21 bits per heavy atom. The van der Waals surface area contributed by atoms with Gasteiger partial charge in [0.15, 0.2) is 11.3 Å². The number of amides is 1. The Hall–Kier alpha value is -2.93. The van der Waals surface area contributed by atoms with E-state index in [2.05, 4.69) is 10.1 Å². The van der Waals surface area contributed by atoms with Gasteiger partial charge in [0.05, 0.1) is 22.3 Å². The van der Waals surface area contributed by atoms with E-state index in [1.807, 2.05) is 6.07 Å². The fraction of sp³-hybridized carbons (Fsp3) is 0.333. The highest BCUT2D eigenvalue weighted by Crippen LogP contribution is 2.35. The van der Waals surface area contributed by atoms with Gasteiger partial charge in [-0.05, 0) is 23.9 Å². The normalized spacial score (nSPS) is 17.2. The summed E-state index contributed by atoms with van der Waals surface area (Å²) < 4.78 is 41.7. The van der Waals surface area contributed by atoms with Gasteiger partial charge in [-0.2, -0.15) is 23.5 Å². The predicted molar refractivity (Wildman–Crippen MR) is 95.5 cm³/mol. The van der Waals surface area contributed by atoms with Gasteiger partial charge in [-0.1, -0.05) is 6.07 Å². The molecular weight excluding hydrogens is 391 g/mol. The first-order valence-electron chi connectivity index (χ1n) is 8.53. The number of hydrogen-bond acceptors (Lipinski definition) is 5. The third-order valence-electron chi connectivity index (χ3n) is 4.70. The molecule has 1 fully saturated rings. The van der Waals surface area contributed by atoms with Crippen molar-refractivity contribution in [3.63, 3.8) is 0 Å². The lowest BCUT2D eigenvalue weighted by atomic mass is 10.1. The minimum absolute atomic E-state index is 0.120. The van der Waals surface area contributed by atoms with Crippen molar-refractivity contribution in [1.29, 1.82) is 5.26 Å². The van der Waals surface area contributed by atoms with E-state index in [0.717, 1.165) is 10.6 Å². The molecule has 0 bridgehead atoms. The van der Waals surface area contributed by atoms with E-state index in [4.69, 9.17) is 5.26 Å². The summed E-state index contributed by atoms with van der Waals surface area (Å²) in [5.74, 6) is -0.460. The molecule has 0 radical (unpaired) electrons. The number of nitriles is 1. The molecule has 0 saturated carbocycles. The van der Waals surface area contributed by atoms with E-state index in [0.29, 0.717) is 30.1 Å². The average Bonchev–Trinajstić information content (AvgIpc) is 3.38. The molecule has 0 spiro atoms. The number of carbonyl (C=O) groups excluding carboxylic acids is 1. The van der Waals surface area contributed by atoms with E-state index >= 15 is 0 Å². The number of fused-ring (bicyclic) bond motifs is 1. The second-order valence-corrected chi connectivity index (χ2v) is 7.45. The minimum atomic E-state index is -4.58. The third-order valence-corrected chi connectivity index (χ3v) is 5.59. The van der Waals surface area contributed by atoms with Gasteiger partial charge in [0.25, 0.3) is 0 Å². The van der Waals surface area contributed by atoms with E-state index in [9.17, 15) is 18.0 Å². The molecule has 1 amide bonds. The number of aromatic nitrogens is 3. The highest BCUT2D eigenvalue weighted by Gasteiger charge is 2.36. The predicted octanol–water partition coefficient (Wildman–Crippen LogP) is 3.71. The van der Waals surface area contributed by atoms with Crippen LogP contribution < -0.4 is 0 Å². The zero-order valence-electron chi connectivity index (χ0n) is 14.5. The van der Waals surface area contributed by atoms with Gasteiger partial charge in [0.1, 0.15) is 6.42 Å². The van der Waals surface area contributed by atoms with Crippen LogP contribution in [0.25, 0.3) is 16.2 Å². The van der Waals surface area contributed by atoms with Crippen molar-refractivity contribution in [3.05, 3.63) is 41.0 Å². The molecule has 144 valence electrons. The lowest BCUT2D eigenvalue weighted by molar-refractivity contribution is -0.142. The van der Waals surface area contributed by atoms with Crippen LogP contribution in [0.15, 0.2) is 29.6 Å². The maximum absolute atomic E-state index is 13.6. The summed E-state index contributed by atoms with van der Waals surface area (Å²) in [5, 5.41) is 14.6. The van der Waals surface area contributed by atoms with Crippen molar-refractivity contribution >= 4 is 22.9 Å². The molecule has 0 aliphatic carbocycles. The van der Waals surface area contributed by atoms with Crippen molar-refractivity contribution in [1.82, 2.24) is 19.5 Å².